The highest BCUT2D eigenvalue weighted by atomic mass is 32.1. The van der Waals surface area contributed by atoms with Gasteiger partial charge in [0, 0.05) is 43.7 Å². The predicted molar refractivity (Wildman–Crippen MR) is 533 cm³/mol. The average Bonchev–Trinajstić information content (AvgIpc) is 1.56. The van der Waals surface area contributed by atoms with Crippen LogP contribution in [0.15, 0.2) is 59.3 Å². The van der Waals surface area contributed by atoms with Crippen molar-refractivity contribution in [1.82, 2.24) is 0 Å². The van der Waals surface area contributed by atoms with E-state index in [0.29, 0.717) is 47.2 Å². The van der Waals surface area contributed by atoms with E-state index in [1.807, 2.05) is 21.2 Å². The van der Waals surface area contributed by atoms with Gasteiger partial charge in [0.1, 0.15) is 11.5 Å². The first-order valence-corrected chi connectivity index (χ1v) is 55.7. The molecule has 4 aliphatic heterocycles. The van der Waals surface area contributed by atoms with E-state index in [4.69, 9.17) is 9.47 Å². The highest BCUT2D eigenvalue weighted by molar-refractivity contribution is 7.26. The van der Waals surface area contributed by atoms with E-state index < -0.39 is 11.9 Å². The summed E-state index contributed by atoms with van der Waals surface area (Å²) in [5.74, 6) is 0.283. The van der Waals surface area contributed by atoms with Crippen molar-refractivity contribution in [2.24, 2.45) is 11.8 Å². The topological polar surface area (TPSA) is 93.2 Å². The number of unbranched alkanes of at least 4 members (excludes halogenated alkanes) is 60. The lowest BCUT2D eigenvalue weighted by Gasteiger charge is -2.20. The van der Waals surface area contributed by atoms with Gasteiger partial charge in [-0.1, -0.05) is 470 Å². The zero-order valence-electron chi connectivity index (χ0n) is 78.2. The molecule has 0 aliphatic carbocycles. The third-order valence-electron chi connectivity index (χ3n) is 27.7. The van der Waals surface area contributed by atoms with Gasteiger partial charge in [-0.2, -0.15) is 0 Å². The number of anilines is 2. The molecule has 8 heterocycles. The summed E-state index contributed by atoms with van der Waals surface area (Å²) in [5.41, 5.74) is 3.76. The normalized spacial score (nSPS) is 15.0. The van der Waals surface area contributed by atoms with E-state index in [-0.39, 0.29) is 34.5 Å². The standard InChI is InChI=1S/C110H172N2O6S4/c1-5-9-13-17-21-25-29-33-37-41-45-49-53-57-61-65-72-89(73-66-62-58-54-50-46-42-38-34-30-26-22-18-14-10-6-2)76-69-82-111-93-81-85-120-105(93)103(107(111)113)101-91-86-96-92(87-95(91)117-109(101)115)102(110(116)118-96)104-106-94(88-100(122-106)99-80-79-98(121-99)97-78-71-84-119-97)112(108(104)114)83-70-77-90(74-67-63-59-55-51-47-43-39-35-31-27-23-19-15-11-7-3)75-68-64-60-56-52-48-44-40-36-32-28-24-20-16-12-8-4/h71,78-81,84-90H,5-70,72-77,82-83H2,1-4H3/b103-101-,104-102+. The highest BCUT2D eigenvalue weighted by Gasteiger charge is 2.46. The van der Waals surface area contributed by atoms with E-state index in [9.17, 15) is 9.59 Å². The van der Waals surface area contributed by atoms with Crippen LogP contribution in [0.4, 0.5) is 11.4 Å². The molecule has 0 saturated heterocycles. The van der Waals surface area contributed by atoms with Crippen LogP contribution in [-0.2, 0) is 19.2 Å². The van der Waals surface area contributed by atoms with Crippen molar-refractivity contribution in [2.75, 3.05) is 22.9 Å². The quantitative estimate of drug-likeness (QED) is 0.0167. The van der Waals surface area contributed by atoms with Crippen molar-refractivity contribution < 1.29 is 28.7 Å². The highest BCUT2D eigenvalue weighted by Crippen LogP contribution is 2.56. The first-order valence-electron chi connectivity index (χ1n) is 52.4. The van der Waals surface area contributed by atoms with Crippen LogP contribution >= 0.6 is 45.3 Å². The molecule has 4 aromatic heterocycles. The smallest absolute Gasteiger partial charge is 0.345 e. The van der Waals surface area contributed by atoms with E-state index in [0.717, 1.165) is 56.6 Å². The van der Waals surface area contributed by atoms with Gasteiger partial charge in [0.05, 0.1) is 43.4 Å². The number of fused-ring (bicyclic) bond motifs is 4. The van der Waals surface area contributed by atoms with Crippen LogP contribution in [-0.4, -0.2) is 36.8 Å². The number of thiophene rings is 4. The molecule has 0 saturated carbocycles. The summed E-state index contributed by atoms with van der Waals surface area (Å²) in [7, 11) is 0. The van der Waals surface area contributed by atoms with Crippen molar-refractivity contribution in [1.29, 1.82) is 0 Å². The Bertz CT molecular complexity index is 3640. The van der Waals surface area contributed by atoms with Crippen molar-refractivity contribution in [3.05, 3.63) is 80.2 Å². The summed E-state index contributed by atoms with van der Waals surface area (Å²) in [4.78, 5) is 70.2. The fourth-order valence-electron chi connectivity index (χ4n) is 20.2. The minimum absolute atomic E-state index is 0.170. The van der Waals surface area contributed by atoms with Gasteiger partial charge in [0.25, 0.3) is 11.8 Å². The first-order chi connectivity index (χ1) is 60.2. The molecule has 5 aromatic rings. The van der Waals surface area contributed by atoms with E-state index in [1.165, 1.54) is 458 Å². The zero-order valence-corrected chi connectivity index (χ0v) is 81.5. The van der Waals surface area contributed by atoms with Gasteiger partial charge < -0.3 is 19.3 Å². The minimum atomic E-state index is -0.587. The minimum Gasteiger partial charge on any atom is -0.422 e. The monoisotopic (exact) mass is 1750 g/mol. The summed E-state index contributed by atoms with van der Waals surface area (Å²) >= 11 is 6.57. The molecule has 0 fully saturated rings. The summed E-state index contributed by atoms with van der Waals surface area (Å²) in [5, 5.41) is 4.15. The van der Waals surface area contributed by atoms with Gasteiger partial charge in [-0.05, 0) is 90.7 Å². The summed E-state index contributed by atoms with van der Waals surface area (Å²) in [6.07, 6.45) is 97.2. The number of ether oxygens (including phenoxy) is 2. The first kappa shape index (κ1) is 101. The molecule has 0 bridgehead atoms. The number of esters is 2. The molecule has 12 heteroatoms. The van der Waals surface area contributed by atoms with Gasteiger partial charge in [-0.25, -0.2) is 9.59 Å². The second-order valence-corrected chi connectivity index (χ2v) is 42.0. The van der Waals surface area contributed by atoms with E-state index >= 15 is 9.59 Å². The second kappa shape index (κ2) is 62.6. The number of carbonyl (C=O) groups is 4. The third kappa shape index (κ3) is 35.8. The maximum atomic E-state index is 15.6. The fourth-order valence-corrected chi connectivity index (χ4v) is 24.2. The Morgan fingerprint density at radius 3 is 0.861 bits per heavy atom. The van der Waals surface area contributed by atoms with Crippen LogP contribution in [0.2, 0.25) is 0 Å². The lowest BCUT2D eigenvalue weighted by atomic mass is 9.90. The van der Waals surface area contributed by atoms with E-state index in [2.05, 4.69) is 63.4 Å². The van der Waals surface area contributed by atoms with Crippen LogP contribution < -0.4 is 19.3 Å². The lowest BCUT2D eigenvalue weighted by molar-refractivity contribution is -0.127. The second-order valence-electron chi connectivity index (χ2n) is 38.0. The summed E-state index contributed by atoms with van der Waals surface area (Å²) in [6.45, 7) is 10.4. The molecule has 682 valence electrons. The van der Waals surface area contributed by atoms with Crippen molar-refractivity contribution in [3.63, 3.8) is 0 Å². The van der Waals surface area contributed by atoms with Crippen molar-refractivity contribution >= 4 is 103 Å². The average molecular weight is 1750 g/mol. The van der Waals surface area contributed by atoms with Gasteiger partial charge in [-0.3, -0.25) is 9.59 Å². The molecular weight excluding hydrogens is 1570 g/mol. The molecule has 122 heavy (non-hydrogen) atoms. The lowest BCUT2D eigenvalue weighted by Crippen LogP contribution is -2.28. The molecule has 0 spiro atoms. The molecule has 0 unspecified atom stereocenters. The van der Waals surface area contributed by atoms with Gasteiger partial charge >= 0.3 is 11.9 Å². The van der Waals surface area contributed by atoms with Crippen molar-refractivity contribution in [2.45, 2.75) is 490 Å². The van der Waals surface area contributed by atoms with Crippen LogP contribution in [0.1, 0.15) is 511 Å². The predicted octanol–water partition coefficient (Wildman–Crippen LogP) is 37.0. The molecule has 0 N–H and O–H groups in total. The molecule has 1 aromatic carbocycles. The third-order valence-corrected chi connectivity index (χ3v) is 32.1. The number of hydrogen-bond donors (Lipinski definition) is 0. The number of rotatable bonds is 78. The number of amides is 2. The van der Waals surface area contributed by atoms with Gasteiger partial charge in [0.2, 0.25) is 0 Å². The van der Waals surface area contributed by atoms with Crippen molar-refractivity contribution in [3.8, 4) is 31.0 Å². The maximum Gasteiger partial charge on any atom is 0.345 e. The Morgan fingerprint density at radius 1 is 0.262 bits per heavy atom. The molecule has 2 amide bonds. The Balaban J connectivity index is 0.822. The Kier molecular flexibility index (Phi) is 51.9. The zero-order chi connectivity index (χ0) is 85.5. The number of hydrogen-bond acceptors (Lipinski definition) is 10. The molecule has 9 rings (SSSR count). The number of benzene rings is 1. The summed E-state index contributed by atoms with van der Waals surface area (Å²) < 4.78 is 12.5. The molecule has 0 atom stereocenters. The van der Waals surface area contributed by atoms with Crippen LogP contribution in [0, 0.1) is 11.8 Å². The van der Waals surface area contributed by atoms with Crippen LogP contribution in [0.3, 0.4) is 0 Å². The Labute approximate surface area is 761 Å². The van der Waals surface area contributed by atoms with Crippen LogP contribution in [0.25, 0.3) is 41.8 Å². The molecule has 8 nitrogen and oxygen atoms in total. The number of carbonyl (C=O) groups excluding carboxylic acids is 4. The molecule has 4 aliphatic rings. The molecule has 0 radical (unpaired) electrons. The SMILES string of the molecule is CCCCCCCCCCCCCCCCCCC(CCCCCCCCCCCCCCCCCC)CCCN1C(=O)/C(=C2/C(=O)Oc3cc4c(cc32)OC(=O)/C4=C2\C(=O)N(CCCC(CCCCCCCCCCCCCCCCCC)CCCCCCCCCCCCCCCCCC)c3ccsc32)c2sc(-c3ccc(-c4cccs4)s3)cc21. The maximum absolute atomic E-state index is 15.6. The Hall–Kier alpha value is -4.62. The van der Waals surface area contributed by atoms with Gasteiger partial charge in [0.15, 0.2) is 0 Å². The molecular formula is C110H172N2O6S4. The van der Waals surface area contributed by atoms with Crippen LogP contribution in [0.5, 0.6) is 11.5 Å². The number of nitrogens with zero attached hydrogens (tertiary/aromatic N) is 2. The van der Waals surface area contributed by atoms with Gasteiger partial charge in [-0.15, -0.1) is 45.3 Å². The fraction of sp³-hybridized carbons (Fsp3) is 0.727. The van der Waals surface area contributed by atoms with E-state index in [1.54, 1.807) is 46.1 Å². The summed E-state index contributed by atoms with van der Waals surface area (Å²) in [6, 6.07) is 16.3. The Morgan fingerprint density at radius 2 is 0.549 bits per heavy atom. The largest absolute Gasteiger partial charge is 0.422 e.